The van der Waals surface area contributed by atoms with E-state index >= 15 is 0 Å². The molecule has 0 bridgehead atoms. The van der Waals surface area contributed by atoms with Crippen LogP contribution < -0.4 is 5.32 Å². The van der Waals surface area contributed by atoms with Gasteiger partial charge in [-0.15, -0.1) is 0 Å². The van der Waals surface area contributed by atoms with E-state index in [1.54, 1.807) is 12.1 Å². The van der Waals surface area contributed by atoms with E-state index in [0.717, 1.165) is 40.8 Å². The number of carbonyl (C=O) groups is 1. The minimum atomic E-state index is -0.268. The number of nitrogens with zero attached hydrogens (tertiary/aromatic N) is 1. The monoisotopic (exact) mass is 385 g/mol. The average Bonchev–Trinajstić information content (AvgIpc) is 3.06. The molecule has 1 aromatic heterocycles. The van der Waals surface area contributed by atoms with Gasteiger partial charge in [0.1, 0.15) is 11.6 Å². The molecule has 1 atom stereocenters. The Bertz CT molecular complexity index is 936. The molecule has 0 unspecified atom stereocenters. The lowest BCUT2D eigenvalue weighted by atomic mass is 10.1. The van der Waals surface area contributed by atoms with Gasteiger partial charge in [0.05, 0.1) is 11.0 Å². The molecule has 6 heteroatoms. The molecular weight excluding hydrogens is 361 g/mol. The molecule has 0 aliphatic rings. The van der Waals surface area contributed by atoms with Gasteiger partial charge in [-0.3, -0.25) is 4.79 Å². The molecule has 1 amide bonds. The molecular formula is C21H24FN3OS. The number of H-pyrrole nitrogens is 1. The maximum Gasteiger partial charge on any atom is 0.251 e. The molecule has 0 spiro atoms. The zero-order valence-electron chi connectivity index (χ0n) is 15.6. The Kier molecular flexibility index (Phi) is 6.16. The Balaban J connectivity index is 1.76. The number of aromatic amines is 1. The number of benzene rings is 2. The highest BCUT2D eigenvalue weighted by molar-refractivity contribution is 7.80. The summed E-state index contributed by atoms with van der Waals surface area (Å²) in [5.41, 5.74) is 4.31. The summed E-state index contributed by atoms with van der Waals surface area (Å²) in [6.07, 6.45) is 2.50. The van der Waals surface area contributed by atoms with Crippen LogP contribution in [0.5, 0.6) is 0 Å². The van der Waals surface area contributed by atoms with Crippen LogP contribution in [0.2, 0.25) is 0 Å². The number of imidazole rings is 1. The van der Waals surface area contributed by atoms with Crippen molar-refractivity contribution < 1.29 is 9.18 Å². The minimum Gasteiger partial charge on any atom is -0.348 e. The van der Waals surface area contributed by atoms with Gasteiger partial charge in [0.25, 0.3) is 5.91 Å². The number of rotatable bonds is 7. The number of aromatic nitrogens is 2. The Morgan fingerprint density at radius 1 is 1.30 bits per heavy atom. The summed E-state index contributed by atoms with van der Waals surface area (Å²) in [7, 11) is 0. The number of hydrogen-bond donors (Lipinski definition) is 3. The standard InChI is InChI=1S/C21H24FN3OS/c1-3-4-19-24-18-11-15(9-13(2)20(18)25-19)21(26)23-17(12-27)10-14-5-7-16(22)8-6-14/h5-9,11,17,27H,3-4,10,12H2,1-2H3,(H,23,26)(H,24,25)/t17-/m1/s1. The first-order valence-electron chi connectivity index (χ1n) is 9.15. The van der Waals surface area contributed by atoms with Crippen LogP contribution in [0, 0.1) is 12.7 Å². The second-order valence-corrected chi connectivity index (χ2v) is 7.17. The van der Waals surface area contributed by atoms with Crippen LogP contribution >= 0.6 is 12.6 Å². The first-order chi connectivity index (χ1) is 13.0. The van der Waals surface area contributed by atoms with E-state index in [-0.39, 0.29) is 17.8 Å². The van der Waals surface area contributed by atoms with Crippen molar-refractivity contribution in [3.05, 3.63) is 64.7 Å². The van der Waals surface area contributed by atoms with Crippen molar-refractivity contribution in [2.24, 2.45) is 0 Å². The molecule has 0 saturated heterocycles. The summed E-state index contributed by atoms with van der Waals surface area (Å²) >= 11 is 4.35. The van der Waals surface area contributed by atoms with Crippen LogP contribution in [0.15, 0.2) is 36.4 Å². The molecule has 1 heterocycles. The third-order valence-corrected chi connectivity index (χ3v) is 4.97. The fourth-order valence-corrected chi connectivity index (χ4v) is 3.38. The van der Waals surface area contributed by atoms with Gasteiger partial charge in [-0.05, 0) is 55.2 Å². The minimum absolute atomic E-state index is 0.139. The van der Waals surface area contributed by atoms with Gasteiger partial charge in [0.15, 0.2) is 0 Å². The maximum absolute atomic E-state index is 13.1. The number of halogens is 1. The Labute approximate surface area is 164 Å². The smallest absolute Gasteiger partial charge is 0.251 e. The lowest BCUT2D eigenvalue weighted by Gasteiger charge is -2.17. The number of fused-ring (bicyclic) bond motifs is 1. The lowest BCUT2D eigenvalue weighted by molar-refractivity contribution is 0.0941. The second-order valence-electron chi connectivity index (χ2n) is 6.81. The summed E-state index contributed by atoms with van der Waals surface area (Å²) < 4.78 is 13.1. The molecule has 142 valence electrons. The molecule has 0 saturated carbocycles. The van der Waals surface area contributed by atoms with Crippen LogP contribution in [0.25, 0.3) is 11.0 Å². The van der Waals surface area contributed by atoms with Gasteiger partial charge in [-0.1, -0.05) is 19.1 Å². The molecule has 0 fully saturated rings. The maximum atomic E-state index is 13.1. The molecule has 0 aliphatic carbocycles. The summed E-state index contributed by atoms with van der Waals surface area (Å²) in [4.78, 5) is 20.7. The number of hydrogen-bond acceptors (Lipinski definition) is 3. The molecule has 4 nitrogen and oxygen atoms in total. The lowest BCUT2D eigenvalue weighted by Crippen LogP contribution is -2.37. The Morgan fingerprint density at radius 2 is 2.04 bits per heavy atom. The molecule has 2 N–H and O–H groups in total. The van der Waals surface area contributed by atoms with Crippen LogP contribution in [-0.4, -0.2) is 27.7 Å². The van der Waals surface area contributed by atoms with E-state index in [0.29, 0.717) is 17.7 Å². The van der Waals surface area contributed by atoms with Gasteiger partial charge in [0.2, 0.25) is 0 Å². The zero-order valence-corrected chi connectivity index (χ0v) is 16.4. The second kappa shape index (κ2) is 8.57. The normalized spacial score (nSPS) is 12.3. The van der Waals surface area contributed by atoms with Crippen molar-refractivity contribution in [3.63, 3.8) is 0 Å². The van der Waals surface area contributed by atoms with E-state index in [2.05, 4.69) is 34.8 Å². The van der Waals surface area contributed by atoms with Gasteiger partial charge >= 0.3 is 0 Å². The number of nitrogens with one attached hydrogen (secondary N) is 2. The molecule has 27 heavy (non-hydrogen) atoms. The fraction of sp³-hybridized carbons (Fsp3) is 0.333. The summed E-state index contributed by atoms with van der Waals surface area (Å²) in [5, 5.41) is 3.03. The summed E-state index contributed by atoms with van der Waals surface area (Å²) in [6, 6.07) is 9.88. The van der Waals surface area contributed by atoms with Gasteiger partial charge in [-0.2, -0.15) is 12.6 Å². The van der Waals surface area contributed by atoms with Crippen molar-refractivity contribution in [2.45, 2.75) is 39.2 Å². The molecule has 0 aliphatic heterocycles. The molecule has 0 radical (unpaired) electrons. The SMILES string of the molecule is CCCc1nc2c(C)cc(C(=O)N[C@@H](CS)Cc3ccc(F)cc3)cc2[nH]1. The first-order valence-corrected chi connectivity index (χ1v) is 9.78. The van der Waals surface area contributed by atoms with E-state index < -0.39 is 0 Å². The van der Waals surface area contributed by atoms with Gasteiger partial charge in [0, 0.05) is 23.8 Å². The summed E-state index contributed by atoms with van der Waals surface area (Å²) in [6.45, 7) is 4.07. The molecule has 2 aromatic carbocycles. The predicted molar refractivity (Wildman–Crippen MR) is 110 cm³/mol. The molecule has 3 rings (SSSR count). The number of thiol groups is 1. The topological polar surface area (TPSA) is 57.8 Å². The van der Waals surface area contributed by atoms with Crippen LogP contribution in [0.4, 0.5) is 4.39 Å². The highest BCUT2D eigenvalue weighted by atomic mass is 32.1. The zero-order chi connectivity index (χ0) is 19.4. The highest BCUT2D eigenvalue weighted by Gasteiger charge is 2.16. The predicted octanol–water partition coefficient (Wildman–Crippen LogP) is 4.23. The average molecular weight is 386 g/mol. The van der Waals surface area contributed by atoms with Crippen molar-refractivity contribution in [3.8, 4) is 0 Å². The quantitative estimate of drug-likeness (QED) is 0.533. The largest absolute Gasteiger partial charge is 0.348 e. The van der Waals surface area contributed by atoms with Crippen molar-refractivity contribution in [1.29, 1.82) is 0 Å². The Hall–Kier alpha value is -2.34. The van der Waals surface area contributed by atoms with Crippen molar-refractivity contribution in [1.82, 2.24) is 15.3 Å². The van der Waals surface area contributed by atoms with Gasteiger partial charge < -0.3 is 10.3 Å². The fourth-order valence-electron chi connectivity index (χ4n) is 3.16. The number of amides is 1. The third kappa shape index (κ3) is 4.69. The van der Waals surface area contributed by atoms with E-state index in [9.17, 15) is 9.18 Å². The van der Waals surface area contributed by atoms with Crippen LogP contribution in [-0.2, 0) is 12.8 Å². The van der Waals surface area contributed by atoms with E-state index in [1.165, 1.54) is 12.1 Å². The number of carbonyl (C=O) groups excluding carboxylic acids is 1. The van der Waals surface area contributed by atoms with Crippen molar-refractivity contribution in [2.75, 3.05) is 5.75 Å². The number of aryl methyl sites for hydroxylation is 2. The Morgan fingerprint density at radius 3 is 2.70 bits per heavy atom. The van der Waals surface area contributed by atoms with Crippen LogP contribution in [0.1, 0.15) is 40.7 Å². The highest BCUT2D eigenvalue weighted by Crippen LogP contribution is 2.20. The van der Waals surface area contributed by atoms with Gasteiger partial charge in [-0.25, -0.2) is 9.37 Å². The summed E-state index contributed by atoms with van der Waals surface area (Å²) in [5.74, 6) is 1.02. The van der Waals surface area contributed by atoms with Crippen LogP contribution in [0.3, 0.4) is 0 Å². The van der Waals surface area contributed by atoms with E-state index in [4.69, 9.17) is 0 Å². The first kappa shape index (κ1) is 19.4. The van der Waals surface area contributed by atoms with E-state index in [1.807, 2.05) is 19.1 Å². The molecule has 3 aromatic rings. The third-order valence-electron chi connectivity index (χ3n) is 4.53. The van der Waals surface area contributed by atoms with Crippen molar-refractivity contribution >= 4 is 29.6 Å².